The molecule has 6 heteroatoms. The van der Waals surface area contributed by atoms with Crippen LogP contribution in [0.15, 0.2) is 35.5 Å². The molecule has 0 unspecified atom stereocenters. The van der Waals surface area contributed by atoms with E-state index in [9.17, 15) is 0 Å². The Hall–Kier alpha value is -1.59. The number of hydrogen-bond acceptors (Lipinski definition) is 4. The van der Waals surface area contributed by atoms with Gasteiger partial charge in [0.2, 0.25) is 5.16 Å². The van der Waals surface area contributed by atoms with Gasteiger partial charge in [-0.1, -0.05) is 30.0 Å². The maximum atomic E-state index is 5.68. The van der Waals surface area contributed by atoms with Gasteiger partial charge < -0.3 is 0 Å². The Kier molecular flexibility index (Phi) is 4.41. The fraction of sp³-hybridized carbons (Fsp3) is 0.267. The number of halogens is 1. The maximum Gasteiger partial charge on any atom is 0.208 e. The lowest BCUT2D eigenvalue weighted by Crippen LogP contribution is -1.88. The Morgan fingerprint density at radius 3 is 2.95 bits per heavy atom. The van der Waals surface area contributed by atoms with Crippen LogP contribution in [-0.4, -0.2) is 31.8 Å². The molecule has 0 aliphatic rings. The van der Waals surface area contributed by atoms with E-state index in [-0.39, 0.29) is 0 Å². The number of rotatable bonds is 5. The molecule has 1 N–H and O–H groups in total. The molecule has 1 aromatic carbocycles. The molecule has 0 saturated carbocycles. The van der Waals surface area contributed by atoms with Crippen molar-refractivity contribution in [1.29, 1.82) is 0 Å². The highest BCUT2D eigenvalue weighted by atomic mass is 35.5. The van der Waals surface area contributed by atoms with Gasteiger partial charge in [-0.25, -0.2) is 4.98 Å². The molecule has 0 saturated heterocycles. The number of fused-ring (bicyclic) bond motifs is 1. The summed E-state index contributed by atoms with van der Waals surface area (Å²) in [6.07, 6.45) is 0.952. The summed E-state index contributed by atoms with van der Waals surface area (Å²) in [6, 6.07) is 10.1. The van der Waals surface area contributed by atoms with Crippen LogP contribution < -0.4 is 0 Å². The number of hydrogen-bond donors (Lipinski definition) is 1. The van der Waals surface area contributed by atoms with Gasteiger partial charge in [-0.3, -0.25) is 10.1 Å². The first-order valence-electron chi connectivity index (χ1n) is 6.76. The van der Waals surface area contributed by atoms with Gasteiger partial charge in [-0.05, 0) is 25.5 Å². The first kappa shape index (κ1) is 14.4. The zero-order chi connectivity index (χ0) is 14.7. The summed E-state index contributed by atoms with van der Waals surface area (Å²) < 4.78 is 0. The third-order valence-corrected chi connectivity index (χ3v) is 4.30. The number of aryl methyl sites for hydroxylation is 1. The molecule has 0 bridgehead atoms. The van der Waals surface area contributed by atoms with Crippen LogP contribution in [0.25, 0.3) is 22.3 Å². The molecule has 3 rings (SSSR count). The van der Waals surface area contributed by atoms with Crippen LogP contribution in [0.1, 0.15) is 12.1 Å². The number of aromatic amines is 1. The minimum absolute atomic E-state index is 0.665. The molecule has 0 atom stereocenters. The standard InChI is InChI=1S/C15H15ClN4S/c1-10-6-7-11-12(4-2-5-13(11)17-10)14-18-15(20-19-14)21-9-3-8-16/h2,4-7H,3,8-9H2,1H3,(H,18,19,20). The van der Waals surface area contributed by atoms with E-state index in [0.29, 0.717) is 5.88 Å². The molecule has 0 spiro atoms. The average Bonchev–Trinajstić information content (AvgIpc) is 2.95. The molecular weight excluding hydrogens is 304 g/mol. The Labute approximate surface area is 132 Å². The molecule has 0 aliphatic heterocycles. The molecule has 2 aromatic heterocycles. The Balaban J connectivity index is 1.93. The zero-order valence-corrected chi connectivity index (χ0v) is 13.2. The quantitative estimate of drug-likeness (QED) is 0.438. The Bertz CT molecular complexity index is 756. The topological polar surface area (TPSA) is 54.5 Å². The second-order valence-electron chi connectivity index (χ2n) is 4.68. The van der Waals surface area contributed by atoms with Crippen molar-refractivity contribution in [2.45, 2.75) is 18.5 Å². The molecule has 0 amide bonds. The van der Waals surface area contributed by atoms with Crippen molar-refractivity contribution >= 4 is 34.3 Å². The first-order chi connectivity index (χ1) is 10.3. The smallest absolute Gasteiger partial charge is 0.208 e. The number of H-pyrrole nitrogens is 1. The predicted molar refractivity (Wildman–Crippen MR) is 87.9 cm³/mol. The van der Waals surface area contributed by atoms with Crippen LogP contribution in [0.4, 0.5) is 0 Å². The summed E-state index contributed by atoms with van der Waals surface area (Å²) in [7, 11) is 0. The van der Waals surface area contributed by atoms with E-state index in [4.69, 9.17) is 11.6 Å². The van der Waals surface area contributed by atoms with Gasteiger partial charge in [0, 0.05) is 28.3 Å². The SMILES string of the molecule is Cc1ccc2c(-c3nc(SCCCCl)n[nH]3)cccc2n1. The number of pyridine rings is 1. The fourth-order valence-electron chi connectivity index (χ4n) is 2.11. The van der Waals surface area contributed by atoms with Gasteiger partial charge in [0.15, 0.2) is 5.82 Å². The largest absolute Gasteiger partial charge is 0.258 e. The van der Waals surface area contributed by atoms with E-state index in [2.05, 4.69) is 26.2 Å². The zero-order valence-electron chi connectivity index (χ0n) is 11.6. The summed E-state index contributed by atoms with van der Waals surface area (Å²) in [6.45, 7) is 1.99. The maximum absolute atomic E-state index is 5.68. The average molecular weight is 319 g/mol. The molecule has 108 valence electrons. The van der Waals surface area contributed by atoms with Gasteiger partial charge in [-0.2, -0.15) is 0 Å². The lowest BCUT2D eigenvalue weighted by atomic mass is 10.1. The van der Waals surface area contributed by atoms with Crippen molar-refractivity contribution < 1.29 is 0 Å². The monoisotopic (exact) mass is 318 g/mol. The number of benzene rings is 1. The van der Waals surface area contributed by atoms with Crippen LogP contribution >= 0.6 is 23.4 Å². The van der Waals surface area contributed by atoms with Crippen molar-refractivity contribution in [1.82, 2.24) is 20.2 Å². The summed E-state index contributed by atoms with van der Waals surface area (Å²) >= 11 is 7.29. The lowest BCUT2D eigenvalue weighted by molar-refractivity contribution is 0.969. The third-order valence-electron chi connectivity index (χ3n) is 3.10. The number of nitrogens with one attached hydrogen (secondary N) is 1. The lowest BCUT2D eigenvalue weighted by Gasteiger charge is -2.03. The Morgan fingerprint density at radius 2 is 2.10 bits per heavy atom. The fourth-order valence-corrected chi connectivity index (χ4v) is 3.14. The van der Waals surface area contributed by atoms with Gasteiger partial charge in [0.25, 0.3) is 0 Å². The third kappa shape index (κ3) is 3.19. The van der Waals surface area contributed by atoms with E-state index >= 15 is 0 Å². The van der Waals surface area contributed by atoms with E-state index in [0.717, 1.165) is 45.3 Å². The summed E-state index contributed by atoms with van der Waals surface area (Å²) in [5.41, 5.74) is 3.01. The van der Waals surface area contributed by atoms with Crippen molar-refractivity contribution in [2.75, 3.05) is 11.6 Å². The number of alkyl halides is 1. The summed E-state index contributed by atoms with van der Waals surface area (Å²) in [5, 5.41) is 9.10. The minimum atomic E-state index is 0.665. The molecule has 3 aromatic rings. The van der Waals surface area contributed by atoms with Crippen molar-refractivity contribution in [3.63, 3.8) is 0 Å². The molecular formula is C15H15ClN4S. The van der Waals surface area contributed by atoms with Gasteiger partial charge in [-0.15, -0.1) is 16.7 Å². The Morgan fingerprint density at radius 1 is 1.19 bits per heavy atom. The molecule has 4 nitrogen and oxygen atoms in total. The predicted octanol–water partition coefficient (Wildman–Crippen LogP) is 4.05. The van der Waals surface area contributed by atoms with E-state index < -0.39 is 0 Å². The van der Waals surface area contributed by atoms with Crippen molar-refractivity contribution in [3.8, 4) is 11.4 Å². The van der Waals surface area contributed by atoms with Crippen LogP contribution in [0.5, 0.6) is 0 Å². The van der Waals surface area contributed by atoms with Crippen molar-refractivity contribution in [2.24, 2.45) is 0 Å². The highest BCUT2D eigenvalue weighted by Gasteiger charge is 2.10. The van der Waals surface area contributed by atoms with Crippen molar-refractivity contribution in [3.05, 3.63) is 36.0 Å². The molecule has 0 radical (unpaired) electrons. The highest BCUT2D eigenvalue weighted by Crippen LogP contribution is 2.26. The van der Waals surface area contributed by atoms with E-state index in [1.54, 1.807) is 11.8 Å². The van der Waals surface area contributed by atoms with Crippen LogP contribution in [0.3, 0.4) is 0 Å². The minimum Gasteiger partial charge on any atom is -0.258 e. The summed E-state index contributed by atoms with van der Waals surface area (Å²) in [5.74, 6) is 2.37. The molecule has 2 heterocycles. The van der Waals surface area contributed by atoms with Crippen LogP contribution in [0.2, 0.25) is 0 Å². The van der Waals surface area contributed by atoms with Gasteiger partial charge in [0.1, 0.15) is 0 Å². The molecule has 0 aliphatic carbocycles. The second kappa shape index (κ2) is 6.45. The number of thioether (sulfide) groups is 1. The van der Waals surface area contributed by atoms with E-state index in [1.807, 2.05) is 31.2 Å². The van der Waals surface area contributed by atoms with Crippen LogP contribution in [0, 0.1) is 6.92 Å². The normalized spacial score (nSPS) is 11.1. The second-order valence-corrected chi connectivity index (χ2v) is 6.12. The highest BCUT2D eigenvalue weighted by molar-refractivity contribution is 7.99. The number of nitrogens with zero attached hydrogens (tertiary/aromatic N) is 3. The number of aromatic nitrogens is 4. The van der Waals surface area contributed by atoms with E-state index in [1.165, 1.54) is 0 Å². The van der Waals surface area contributed by atoms with Gasteiger partial charge >= 0.3 is 0 Å². The first-order valence-corrected chi connectivity index (χ1v) is 8.28. The molecule has 21 heavy (non-hydrogen) atoms. The van der Waals surface area contributed by atoms with Crippen LogP contribution in [-0.2, 0) is 0 Å². The van der Waals surface area contributed by atoms with Gasteiger partial charge in [0.05, 0.1) is 5.52 Å². The summed E-state index contributed by atoms with van der Waals surface area (Å²) in [4.78, 5) is 9.10. The molecule has 0 fully saturated rings.